The van der Waals surface area contributed by atoms with E-state index in [9.17, 15) is 13.2 Å². The predicted octanol–water partition coefficient (Wildman–Crippen LogP) is 4.63. The topological polar surface area (TPSA) is 0 Å². The second kappa shape index (κ2) is 3.44. The first-order valence-corrected chi connectivity index (χ1v) is 4.94. The van der Waals surface area contributed by atoms with E-state index in [1.54, 1.807) is 0 Å². The minimum atomic E-state index is -2.59. The first kappa shape index (κ1) is 9.80. The van der Waals surface area contributed by atoms with Crippen LogP contribution in [-0.4, -0.2) is 0 Å². The highest BCUT2D eigenvalue weighted by Crippen LogP contribution is 2.35. The lowest BCUT2D eigenvalue weighted by Gasteiger charge is -1.98. The van der Waals surface area contributed by atoms with Crippen LogP contribution in [0.5, 0.6) is 0 Å². The number of rotatable bonds is 1. The highest BCUT2D eigenvalue weighted by atomic mass is 35.5. The molecule has 74 valence electrons. The zero-order chi connectivity index (χ0) is 10.3. The van der Waals surface area contributed by atoms with Crippen molar-refractivity contribution in [3.8, 4) is 0 Å². The molecule has 0 amide bonds. The van der Waals surface area contributed by atoms with E-state index in [1.165, 1.54) is 12.1 Å². The third-order valence-electron chi connectivity index (χ3n) is 1.86. The monoisotopic (exact) mass is 236 g/mol. The zero-order valence-electron chi connectivity index (χ0n) is 6.73. The van der Waals surface area contributed by atoms with E-state index in [0.29, 0.717) is 4.70 Å². The molecule has 0 spiro atoms. The molecule has 1 aromatic carbocycles. The van der Waals surface area contributed by atoms with Gasteiger partial charge in [0.05, 0.1) is 0 Å². The number of hydrogen-bond acceptors (Lipinski definition) is 1. The van der Waals surface area contributed by atoms with Crippen LogP contribution in [0, 0.1) is 5.82 Å². The summed E-state index contributed by atoms with van der Waals surface area (Å²) in [5.74, 6) is -0.617. The lowest BCUT2D eigenvalue weighted by molar-refractivity contribution is 0.151. The molecule has 0 atom stereocenters. The van der Waals surface area contributed by atoms with Crippen LogP contribution in [0.3, 0.4) is 0 Å². The molecule has 0 aliphatic rings. The number of thiophene rings is 1. The standard InChI is InChI=1S/C9H4ClF3S/c10-8-7(11)5-3-4(9(12)13)1-2-6(5)14-8/h1-3,9H. The molecule has 5 heteroatoms. The van der Waals surface area contributed by atoms with Crippen LogP contribution in [0.1, 0.15) is 12.0 Å². The third-order valence-corrected chi connectivity index (χ3v) is 3.20. The molecular weight excluding hydrogens is 233 g/mol. The molecule has 2 rings (SSSR count). The molecule has 1 heterocycles. The Morgan fingerprint density at radius 1 is 1.29 bits per heavy atom. The van der Waals surface area contributed by atoms with E-state index in [0.717, 1.165) is 17.4 Å². The van der Waals surface area contributed by atoms with Gasteiger partial charge in [0, 0.05) is 15.6 Å². The number of halogens is 4. The van der Waals surface area contributed by atoms with Gasteiger partial charge in [0.25, 0.3) is 6.43 Å². The van der Waals surface area contributed by atoms with Gasteiger partial charge < -0.3 is 0 Å². The van der Waals surface area contributed by atoms with Gasteiger partial charge in [0.2, 0.25) is 0 Å². The molecule has 0 nitrogen and oxygen atoms in total. The molecule has 0 aliphatic heterocycles. The fourth-order valence-electron chi connectivity index (χ4n) is 1.19. The average molecular weight is 237 g/mol. The van der Waals surface area contributed by atoms with Crippen LogP contribution in [0.25, 0.3) is 10.1 Å². The van der Waals surface area contributed by atoms with E-state index >= 15 is 0 Å². The molecule has 0 saturated heterocycles. The van der Waals surface area contributed by atoms with Crippen molar-refractivity contribution in [2.75, 3.05) is 0 Å². The quantitative estimate of drug-likeness (QED) is 0.677. The van der Waals surface area contributed by atoms with Crippen LogP contribution in [-0.2, 0) is 0 Å². The van der Waals surface area contributed by atoms with E-state index in [4.69, 9.17) is 11.6 Å². The summed E-state index contributed by atoms with van der Waals surface area (Å²) in [5, 5.41) is 0.165. The Labute approximate surface area is 86.9 Å². The Morgan fingerprint density at radius 2 is 2.00 bits per heavy atom. The summed E-state index contributed by atoms with van der Waals surface area (Å²) >= 11 is 6.58. The van der Waals surface area contributed by atoms with Crippen LogP contribution < -0.4 is 0 Å². The first-order chi connectivity index (χ1) is 6.59. The summed E-state index contributed by atoms with van der Waals surface area (Å²) in [6.45, 7) is 0. The molecule has 0 unspecified atom stereocenters. The summed E-state index contributed by atoms with van der Waals surface area (Å²) in [5.41, 5.74) is -0.189. The molecule has 0 radical (unpaired) electrons. The van der Waals surface area contributed by atoms with Gasteiger partial charge in [-0.1, -0.05) is 17.7 Å². The van der Waals surface area contributed by atoms with Gasteiger partial charge in [-0.05, 0) is 12.1 Å². The Hall–Kier alpha value is -0.740. The largest absolute Gasteiger partial charge is 0.263 e. The zero-order valence-corrected chi connectivity index (χ0v) is 8.30. The van der Waals surface area contributed by atoms with Gasteiger partial charge in [-0.2, -0.15) is 0 Å². The number of hydrogen-bond donors (Lipinski definition) is 0. The van der Waals surface area contributed by atoms with Crippen LogP contribution in [0.15, 0.2) is 18.2 Å². The van der Waals surface area contributed by atoms with Gasteiger partial charge in [-0.3, -0.25) is 0 Å². The van der Waals surface area contributed by atoms with Crippen molar-refractivity contribution in [2.45, 2.75) is 6.43 Å². The Kier molecular flexibility index (Phi) is 2.41. The van der Waals surface area contributed by atoms with Crippen LogP contribution in [0.4, 0.5) is 13.2 Å². The van der Waals surface area contributed by atoms with E-state index in [1.807, 2.05) is 0 Å². The molecule has 0 aliphatic carbocycles. The molecule has 0 N–H and O–H groups in total. The Morgan fingerprint density at radius 3 is 2.64 bits per heavy atom. The minimum Gasteiger partial charge on any atom is -0.205 e. The molecule has 2 aromatic rings. The molecular formula is C9H4ClF3S. The number of fused-ring (bicyclic) bond motifs is 1. The normalized spacial score (nSPS) is 11.5. The summed E-state index contributed by atoms with van der Waals surface area (Å²) in [6.07, 6.45) is -2.59. The lowest BCUT2D eigenvalue weighted by atomic mass is 10.2. The second-order valence-corrected chi connectivity index (χ2v) is 4.40. The van der Waals surface area contributed by atoms with Crippen LogP contribution in [0.2, 0.25) is 4.34 Å². The fraction of sp³-hybridized carbons (Fsp3) is 0.111. The maximum Gasteiger partial charge on any atom is 0.263 e. The predicted molar refractivity (Wildman–Crippen MR) is 51.8 cm³/mol. The Balaban J connectivity index is 2.69. The van der Waals surface area contributed by atoms with Gasteiger partial charge in [-0.25, -0.2) is 13.2 Å². The maximum absolute atomic E-state index is 13.2. The van der Waals surface area contributed by atoms with Crippen molar-refractivity contribution in [1.82, 2.24) is 0 Å². The summed E-state index contributed by atoms with van der Waals surface area (Å²) < 4.78 is 38.4. The smallest absolute Gasteiger partial charge is 0.205 e. The maximum atomic E-state index is 13.2. The average Bonchev–Trinajstić information content (AvgIpc) is 2.43. The molecule has 0 saturated carbocycles. The van der Waals surface area contributed by atoms with Crippen molar-refractivity contribution < 1.29 is 13.2 Å². The van der Waals surface area contributed by atoms with E-state index in [2.05, 4.69) is 0 Å². The van der Waals surface area contributed by atoms with E-state index in [-0.39, 0.29) is 15.3 Å². The second-order valence-electron chi connectivity index (χ2n) is 2.75. The lowest BCUT2D eigenvalue weighted by Crippen LogP contribution is -1.82. The summed E-state index contributed by atoms with van der Waals surface area (Å²) in [6, 6.07) is 3.87. The highest BCUT2D eigenvalue weighted by molar-refractivity contribution is 7.22. The minimum absolute atomic E-state index is 0.00594. The number of alkyl halides is 2. The molecule has 1 aromatic heterocycles. The summed E-state index contributed by atoms with van der Waals surface area (Å²) in [4.78, 5) is 0. The van der Waals surface area contributed by atoms with E-state index < -0.39 is 12.2 Å². The van der Waals surface area contributed by atoms with Crippen LogP contribution >= 0.6 is 22.9 Å². The van der Waals surface area contributed by atoms with Gasteiger partial charge in [0.15, 0.2) is 5.82 Å². The van der Waals surface area contributed by atoms with Gasteiger partial charge in [-0.15, -0.1) is 11.3 Å². The Bertz CT molecular complexity index is 478. The summed E-state index contributed by atoms with van der Waals surface area (Å²) in [7, 11) is 0. The van der Waals surface area contributed by atoms with Gasteiger partial charge in [0.1, 0.15) is 4.34 Å². The molecule has 0 fully saturated rings. The molecule has 0 bridgehead atoms. The van der Waals surface area contributed by atoms with Crippen molar-refractivity contribution >= 4 is 33.0 Å². The fourth-order valence-corrected chi connectivity index (χ4v) is 2.33. The SMILES string of the molecule is Fc1c(Cl)sc2ccc(C(F)F)cc12. The molecule has 14 heavy (non-hydrogen) atoms. The first-order valence-electron chi connectivity index (χ1n) is 3.75. The van der Waals surface area contributed by atoms with Crippen molar-refractivity contribution in [2.24, 2.45) is 0 Å². The van der Waals surface area contributed by atoms with Gasteiger partial charge >= 0.3 is 0 Å². The van der Waals surface area contributed by atoms with Crippen molar-refractivity contribution in [3.63, 3.8) is 0 Å². The highest BCUT2D eigenvalue weighted by Gasteiger charge is 2.13. The number of benzene rings is 1. The van der Waals surface area contributed by atoms with Crippen molar-refractivity contribution in [3.05, 3.63) is 33.9 Å². The third kappa shape index (κ3) is 1.48. The van der Waals surface area contributed by atoms with Crippen molar-refractivity contribution in [1.29, 1.82) is 0 Å².